The number of benzene rings is 1. The number of piperidine rings is 1. The number of hydrogen-bond donors (Lipinski definition) is 1. The summed E-state index contributed by atoms with van der Waals surface area (Å²) >= 11 is 0. The lowest BCUT2D eigenvalue weighted by molar-refractivity contribution is 0.238. The van der Waals surface area contributed by atoms with Gasteiger partial charge in [-0.25, -0.2) is 9.97 Å². The van der Waals surface area contributed by atoms with E-state index in [0.717, 1.165) is 42.7 Å². The van der Waals surface area contributed by atoms with E-state index >= 15 is 0 Å². The molecular weight excluding hydrogens is 254 g/mol. The van der Waals surface area contributed by atoms with Gasteiger partial charge in [0.05, 0.1) is 30.8 Å². The van der Waals surface area contributed by atoms with E-state index in [2.05, 4.69) is 9.88 Å². The standard InChI is InChI=1S/C15H19N3O2/c1-20-15-14(18-9-5-4-6-11(18)10-19)16-12-7-2-3-8-13(12)17-15/h2-3,7-8,11,19H,4-6,9-10H2,1H3. The van der Waals surface area contributed by atoms with Gasteiger partial charge in [-0.2, -0.15) is 0 Å². The molecule has 0 bridgehead atoms. The quantitative estimate of drug-likeness (QED) is 0.926. The Morgan fingerprint density at radius 2 is 2.00 bits per heavy atom. The van der Waals surface area contributed by atoms with Crippen molar-refractivity contribution in [1.82, 2.24) is 9.97 Å². The molecule has 1 unspecified atom stereocenters. The predicted molar refractivity (Wildman–Crippen MR) is 78.2 cm³/mol. The van der Waals surface area contributed by atoms with E-state index in [0.29, 0.717) is 5.88 Å². The lowest BCUT2D eigenvalue weighted by atomic mass is 10.0. The first-order chi connectivity index (χ1) is 9.83. The van der Waals surface area contributed by atoms with Crippen LogP contribution in [0.15, 0.2) is 24.3 Å². The minimum Gasteiger partial charge on any atom is -0.478 e. The Labute approximate surface area is 118 Å². The molecule has 5 heteroatoms. The number of nitrogens with zero attached hydrogens (tertiary/aromatic N) is 3. The summed E-state index contributed by atoms with van der Waals surface area (Å²) in [6, 6.07) is 7.87. The van der Waals surface area contributed by atoms with Gasteiger partial charge in [0.2, 0.25) is 0 Å². The minimum absolute atomic E-state index is 0.105. The van der Waals surface area contributed by atoms with Crippen LogP contribution in [0.2, 0.25) is 0 Å². The van der Waals surface area contributed by atoms with Gasteiger partial charge in [0.1, 0.15) is 0 Å². The van der Waals surface area contributed by atoms with Crippen molar-refractivity contribution in [2.45, 2.75) is 25.3 Å². The van der Waals surface area contributed by atoms with Crippen LogP contribution in [0.25, 0.3) is 11.0 Å². The minimum atomic E-state index is 0.105. The second-order valence-electron chi connectivity index (χ2n) is 5.07. The number of ether oxygens (including phenoxy) is 1. The molecule has 0 aliphatic carbocycles. The molecule has 1 aromatic heterocycles. The van der Waals surface area contributed by atoms with Crippen LogP contribution >= 0.6 is 0 Å². The van der Waals surface area contributed by atoms with Gasteiger partial charge in [0.25, 0.3) is 5.88 Å². The van der Waals surface area contributed by atoms with E-state index in [1.54, 1.807) is 7.11 Å². The van der Waals surface area contributed by atoms with Crippen LogP contribution in [0.5, 0.6) is 5.88 Å². The summed E-state index contributed by atoms with van der Waals surface area (Å²) in [6.07, 6.45) is 3.23. The second-order valence-corrected chi connectivity index (χ2v) is 5.07. The Morgan fingerprint density at radius 1 is 1.25 bits per heavy atom. The number of fused-ring (bicyclic) bond motifs is 1. The van der Waals surface area contributed by atoms with Gasteiger partial charge in [0.15, 0.2) is 5.82 Å². The van der Waals surface area contributed by atoms with Crippen LogP contribution in [0.3, 0.4) is 0 Å². The molecule has 3 rings (SSSR count). The number of aromatic nitrogens is 2. The molecule has 1 aliphatic rings. The molecular formula is C15H19N3O2. The molecule has 1 aliphatic heterocycles. The number of para-hydroxylation sites is 2. The van der Waals surface area contributed by atoms with Crippen molar-refractivity contribution in [3.8, 4) is 5.88 Å². The van der Waals surface area contributed by atoms with Gasteiger partial charge in [-0.1, -0.05) is 12.1 Å². The van der Waals surface area contributed by atoms with Crippen molar-refractivity contribution < 1.29 is 9.84 Å². The molecule has 0 saturated carbocycles. The van der Waals surface area contributed by atoms with E-state index in [9.17, 15) is 5.11 Å². The van der Waals surface area contributed by atoms with E-state index in [-0.39, 0.29) is 12.6 Å². The molecule has 1 N–H and O–H groups in total. The van der Waals surface area contributed by atoms with Gasteiger partial charge < -0.3 is 14.7 Å². The topological polar surface area (TPSA) is 58.5 Å². The highest BCUT2D eigenvalue weighted by atomic mass is 16.5. The number of aliphatic hydroxyl groups is 1. The van der Waals surface area contributed by atoms with Crippen molar-refractivity contribution in [3.63, 3.8) is 0 Å². The average Bonchev–Trinajstić information content (AvgIpc) is 2.53. The van der Waals surface area contributed by atoms with E-state index in [1.165, 1.54) is 0 Å². The first-order valence-electron chi connectivity index (χ1n) is 7.01. The SMILES string of the molecule is COc1nc2ccccc2nc1N1CCCCC1CO. The molecule has 2 heterocycles. The first kappa shape index (κ1) is 13.1. The third-order valence-electron chi connectivity index (χ3n) is 3.82. The van der Waals surface area contributed by atoms with E-state index in [4.69, 9.17) is 9.72 Å². The normalized spacial score (nSPS) is 19.3. The number of hydrogen-bond acceptors (Lipinski definition) is 5. The molecule has 0 amide bonds. The van der Waals surface area contributed by atoms with Crippen molar-refractivity contribution in [3.05, 3.63) is 24.3 Å². The maximum Gasteiger partial charge on any atom is 0.257 e. The van der Waals surface area contributed by atoms with Gasteiger partial charge in [0, 0.05) is 6.54 Å². The van der Waals surface area contributed by atoms with Gasteiger partial charge in [-0.3, -0.25) is 0 Å². The molecule has 5 nitrogen and oxygen atoms in total. The highest BCUT2D eigenvalue weighted by molar-refractivity contribution is 5.77. The lowest BCUT2D eigenvalue weighted by Gasteiger charge is -2.35. The lowest BCUT2D eigenvalue weighted by Crippen LogP contribution is -2.42. The molecule has 0 spiro atoms. The summed E-state index contributed by atoms with van der Waals surface area (Å²) in [6.45, 7) is 1.02. The molecule has 2 aromatic rings. The van der Waals surface area contributed by atoms with Crippen LogP contribution in [0.1, 0.15) is 19.3 Å². The first-order valence-corrected chi connectivity index (χ1v) is 7.01. The predicted octanol–water partition coefficient (Wildman–Crippen LogP) is 1.99. The molecule has 20 heavy (non-hydrogen) atoms. The third kappa shape index (κ3) is 2.29. The summed E-state index contributed by atoms with van der Waals surface area (Å²) in [5, 5.41) is 9.57. The zero-order valence-electron chi connectivity index (χ0n) is 11.6. The Kier molecular flexibility index (Phi) is 3.69. The summed E-state index contributed by atoms with van der Waals surface area (Å²) < 4.78 is 5.40. The van der Waals surface area contributed by atoms with Gasteiger partial charge in [-0.15, -0.1) is 0 Å². The summed E-state index contributed by atoms with van der Waals surface area (Å²) in [7, 11) is 1.61. The Hall–Kier alpha value is -1.88. The van der Waals surface area contributed by atoms with E-state index in [1.807, 2.05) is 24.3 Å². The van der Waals surface area contributed by atoms with Crippen LogP contribution in [-0.2, 0) is 0 Å². The number of anilines is 1. The maximum atomic E-state index is 9.57. The third-order valence-corrected chi connectivity index (χ3v) is 3.82. The molecule has 106 valence electrons. The smallest absolute Gasteiger partial charge is 0.257 e. The van der Waals surface area contributed by atoms with Gasteiger partial charge in [-0.05, 0) is 31.4 Å². The van der Waals surface area contributed by atoms with Crippen LogP contribution in [0, 0.1) is 0 Å². The summed E-state index contributed by atoms with van der Waals surface area (Å²) in [4.78, 5) is 11.4. The fraction of sp³-hybridized carbons (Fsp3) is 0.467. The van der Waals surface area contributed by atoms with Crippen molar-refractivity contribution >= 4 is 16.9 Å². The largest absolute Gasteiger partial charge is 0.478 e. The zero-order chi connectivity index (χ0) is 13.9. The summed E-state index contributed by atoms with van der Waals surface area (Å²) in [5.74, 6) is 1.27. The zero-order valence-corrected chi connectivity index (χ0v) is 11.6. The Balaban J connectivity index is 2.08. The molecule has 1 atom stereocenters. The monoisotopic (exact) mass is 273 g/mol. The van der Waals surface area contributed by atoms with E-state index < -0.39 is 0 Å². The maximum absolute atomic E-state index is 9.57. The second kappa shape index (κ2) is 5.63. The Morgan fingerprint density at radius 3 is 2.70 bits per heavy atom. The van der Waals surface area contributed by atoms with Crippen molar-refractivity contribution in [2.75, 3.05) is 25.2 Å². The fourth-order valence-electron chi connectivity index (χ4n) is 2.77. The average molecular weight is 273 g/mol. The number of aliphatic hydroxyl groups excluding tert-OH is 1. The van der Waals surface area contributed by atoms with Crippen LogP contribution in [-0.4, -0.2) is 41.4 Å². The number of rotatable bonds is 3. The molecule has 0 radical (unpaired) electrons. The van der Waals surface area contributed by atoms with Crippen LogP contribution < -0.4 is 9.64 Å². The van der Waals surface area contributed by atoms with Gasteiger partial charge >= 0.3 is 0 Å². The molecule has 1 fully saturated rings. The Bertz CT molecular complexity index is 603. The fourth-order valence-corrected chi connectivity index (χ4v) is 2.77. The highest BCUT2D eigenvalue weighted by Gasteiger charge is 2.26. The highest BCUT2D eigenvalue weighted by Crippen LogP contribution is 2.31. The van der Waals surface area contributed by atoms with Crippen molar-refractivity contribution in [2.24, 2.45) is 0 Å². The van der Waals surface area contributed by atoms with Crippen molar-refractivity contribution in [1.29, 1.82) is 0 Å². The number of methoxy groups -OCH3 is 1. The summed E-state index contributed by atoms with van der Waals surface area (Å²) in [5.41, 5.74) is 1.68. The molecule has 1 saturated heterocycles. The molecule has 1 aromatic carbocycles. The van der Waals surface area contributed by atoms with Crippen LogP contribution in [0.4, 0.5) is 5.82 Å².